The van der Waals surface area contributed by atoms with Crippen LogP contribution in [0.1, 0.15) is 19.4 Å². The second kappa shape index (κ2) is 11.7. The van der Waals surface area contributed by atoms with Gasteiger partial charge in [-0.2, -0.15) is 4.31 Å². The van der Waals surface area contributed by atoms with Crippen molar-refractivity contribution in [2.45, 2.75) is 24.5 Å². The number of hydrogen-bond acceptors (Lipinski definition) is 6. The Bertz CT molecular complexity index is 990. The van der Waals surface area contributed by atoms with Crippen molar-refractivity contribution in [3.8, 4) is 0 Å². The number of hydrogen-bond donors (Lipinski definition) is 1. The predicted molar refractivity (Wildman–Crippen MR) is 131 cm³/mol. The van der Waals surface area contributed by atoms with Crippen LogP contribution >= 0.6 is 11.8 Å². The molecule has 0 aromatic heterocycles. The molecule has 0 spiro atoms. The largest absolute Gasteiger partial charge is 0.379 e. The van der Waals surface area contributed by atoms with Crippen LogP contribution in [-0.4, -0.2) is 63.8 Å². The molecule has 2 aromatic carbocycles. The van der Waals surface area contributed by atoms with Crippen molar-refractivity contribution in [3.63, 3.8) is 0 Å². The van der Waals surface area contributed by atoms with Gasteiger partial charge in [0.05, 0.1) is 35.2 Å². The number of rotatable bonds is 10. The number of sulfonamides is 1. The molecule has 1 fully saturated rings. The maximum absolute atomic E-state index is 13.1. The number of amides is 1. The molecule has 0 bridgehead atoms. The van der Waals surface area contributed by atoms with Gasteiger partial charge in [0.2, 0.25) is 15.9 Å². The van der Waals surface area contributed by atoms with E-state index in [-0.39, 0.29) is 16.6 Å². The summed E-state index contributed by atoms with van der Waals surface area (Å²) >= 11 is 1.53. The quantitative estimate of drug-likeness (QED) is 0.565. The van der Waals surface area contributed by atoms with Crippen LogP contribution in [-0.2, 0) is 25.3 Å². The lowest BCUT2D eigenvalue weighted by atomic mass is 10.2. The van der Waals surface area contributed by atoms with E-state index in [2.05, 4.69) is 10.2 Å². The standard InChI is InChI=1S/C23H31N3O4S2/c1-3-25(4-2)22-11-10-20(32(28,29)26-12-14-30-15-13-26)16-21(22)24-23(27)18-31-17-19-8-6-5-7-9-19/h5-11,16H,3-4,12-15,17-18H2,1-2H3,(H,24,27). The number of nitrogens with zero attached hydrogens (tertiary/aromatic N) is 2. The van der Waals surface area contributed by atoms with Crippen molar-refractivity contribution in [2.24, 2.45) is 0 Å². The first-order chi connectivity index (χ1) is 15.5. The Hall–Kier alpha value is -2.07. The van der Waals surface area contributed by atoms with Crippen LogP contribution in [0.3, 0.4) is 0 Å². The molecule has 1 aliphatic heterocycles. The minimum atomic E-state index is -3.65. The van der Waals surface area contributed by atoms with Crippen LogP contribution < -0.4 is 10.2 Å². The Morgan fingerprint density at radius 1 is 1.09 bits per heavy atom. The maximum atomic E-state index is 13.1. The molecular weight excluding hydrogens is 446 g/mol. The van der Waals surface area contributed by atoms with Gasteiger partial charge in [-0.3, -0.25) is 4.79 Å². The lowest BCUT2D eigenvalue weighted by Gasteiger charge is -2.28. The average Bonchev–Trinajstić information content (AvgIpc) is 2.82. The van der Waals surface area contributed by atoms with Gasteiger partial charge in [0, 0.05) is 31.9 Å². The van der Waals surface area contributed by atoms with Gasteiger partial charge in [0.25, 0.3) is 0 Å². The lowest BCUT2D eigenvalue weighted by molar-refractivity contribution is -0.113. The SMILES string of the molecule is CCN(CC)c1ccc(S(=O)(=O)N2CCOCC2)cc1NC(=O)CSCc1ccccc1. The average molecular weight is 478 g/mol. The second-order valence-corrected chi connectivity index (χ2v) is 10.3. The molecule has 0 saturated carbocycles. The number of benzene rings is 2. The summed E-state index contributed by atoms with van der Waals surface area (Å²) in [5, 5.41) is 2.95. The highest BCUT2D eigenvalue weighted by atomic mass is 32.2. The van der Waals surface area contributed by atoms with Gasteiger partial charge < -0.3 is 15.0 Å². The van der Waals surface area contributed by atoms with Crippen LogP contribution in [0.15, 0.2) is 53.4 Å². The molecule has 1 aliphatic rings. The van der Waals surface area contributed by atoms with Crippen molar-refractivity contribution in [3.05, 3.63) is 54.1 Å². The molecule has 7 nitrogen and oxygen atoms in total. The van der Waals surface area contributed by atoms with E-state index in [1.807, 2.05) is 44.2 Å². The Labute approximate surface area is 195 Å². The zero-order valence-electron chi connectivity index (χ0n) is 18.6. The van der Waals surface area contributed by atoms with Gasteiger partial charge in [-0.15, -0.1) is 11.8 Å². The molecule has 174 valence electrons. The zero-order valence-corrected chi connectivity index (χ0v) is 20.3. The van der Waals surface area contributed by atoms with Gasteiger partial charge in [0.1, 0.15) is 0 Å². The highest BCUT2D eigenvalue weighted by Gasteiger charge is 2.27. The molecule has 1 N–H and O–H groups in total. The van der Waals surface area contributed by atoms with E-state index in [4.69, 9.17) is 4.74 Å². The van der Waals surface area contributed by atoms with E-state index in [1.165, 1.54) is 16.1 Å². The third-order valence-electron chi connectivity index (χ3n) is 5.30. The van der Waals surface area contributed by atoms with Crippen molar-refractivity contribution in [2.75, 3.05) is 55.4 Å². The third kappa shape index (κ3) is 6.25. The van der Waals surface area contributed by atoms with Crippen molar-refractivity contribution in [1.82, 2.24) is 4.31 Å². The zero-order chi connectivity index (χ0) is 23.0. The summed E-state index contributed by atoms with van der Waals surface area (Å²) in [6.07, 6.45) is 0. The van der Waals surface area contributed by atoms with E-state index in [0.29, 0.717) is 32.0 Å². The molecule has 2 aromatic rings. The molecule has 0 unspecified atom stereocenters. The second-order valence-electron chi connectivity index (χ2n) is 7.39. The summed E-state index contributed by atoms with van der Waals surface area (Å²) in [4.78, 5) is 15.0. The van der Waals surface area contributed by atoms with Crippen molar-refractivity contribution in [1.29, 1.82) is 0 Å². The smallest absolute Gasteiger partial charge is 0.243 e. The van der Waals surface area contributed by atoms with Crippen molar-refractivity contribution < 1.29 is 17.9 Å². The molecule has 0 aliphatic carbocycles. The molecule has 32 heavy (non-hydrogen) atoms. The topological polar surface area (TPSA) is 79.0 Å². The number of thioether (sulfide) groups is 1. The van der Waals surface area contributed by atoms with E-state index in [9.17, 15) is 13.2 Å². The third-order valence-corrected chi connectivity index (χ3v) is 8.20. The first-order valence-corrected chi connectivity index (χ1v) is 13.4. The molecule has 0 atom stereocenters. The first-order valence-electron chi connectivity index (χ1n) is 10.8. The Balaban J connectivity index is 1.77. The highest BCUT2D eigenvalue weighted by molar-refractivity contribution is 7.99. The fourth-order valence-electron chi connectivity index (χ4n) is 3.57. The van der Waals surface area contributed by atoms with E-state index in [1.54, 1.807) is 18.2 Å². The fourth-order valence-corrected chi connectivity index (χ4v) is 5.80. The summed E-state index contributed by atoms with van der Waals surface area (Å²) in [6.45, 7) is 7.00. The Kier molecular flexibility index (Phi) is 8.98. The molecule has 0 radical (unpaired) electrons. The van der Waals surface area contributed by atoms with E-state index in [0.717, 1.165) is 30.1 Å². The minimum Gasteiger partial charge on any atom is -0.379 e. The summed E-state index contributed by atoms with van der Waals surface area (Å²) in [7, 11) is -3.65. The normalized spacial score (nSPS) is 14.8. The molecule has 1 saturated heterocycles. The van der Waals surface area contributed by atoms with Crippen LogP contribution in [0.2, 0.25) is 0 Å². The Morgan fingerprint density at radius 3 is 2.44 bits per heavy atom. The summed E-state index contributed by atoms with van der Waals surface area (Å²) in [5.74, 6) is 0.871. The van der Waals surface area contributed by atoms with E-state index >= 15 is 0 Å². The van der Waals surface area contributed by atoms with E-state index < -0.39 is 10.0 Å². The lowest BCUT2D eigenvalue weighted by Crippen LogP contribution is -2.40. The molecule has 1 amide bonds. The number of ether oxygens (including phenoxy) is 1. The molecular formula is C23H31N3O4S2. The summed E-state index contributed by atoms with van der Waals surface area (Å²) in [6, 6.07) is 15.0. The van der Waals surface area contributed by atoms with Crippen LogP contribution in [0.25, 0.3) is 0 Å². The maximum Gasteiger partial charge on any atom is 0.243 e. The fraction of sp³-hybridized carbons (Fsp3) is 0.435. The minimum absolute atomic E-state index is 0.153. The van der Waals surface area contributed by atoms with Gasteiger partial charge >= 0.3 is 0 Å². The predicted octanol–water partition coefficient (Wildman–Crippen LogP) is 3.43. The first kappa shape index (κ1) is 24.6. The Morgan fingerprint density at radius 2 is 1.78 bits per heavy atom. The number of nitrogens with one attached hydrogen (secondary N) is 1. The van der Waals surface area contributed by atoms with Crippen LogP contribution in [0, 0.1) is 0 Å². The van der Waals surface area contributed by atoms with Crippen LogP contribution in [0.4, 0.5) is 11.4 Å². The van der Waals surface area contributed by atoms with Crippen molar-refractivity contribution >= 4 is 39.1 Å². The summed E-state index contributed by atoms with van der Waals surface area (Å²) in [5.41, 5.74) is 2.50. The van der Waals surface area contributed by atoms with Gasteiger partial charge in [-0.05, 0) is 37.6 Å². The van der Waals surface area contributed by atoms with Gasteiger partial charge in [-0.25, -0.2) is 8.42 Å². The number of carbonyl (C=O) groups is 1. The monoisotopic (exact) mass is 477 g/mol. The van der Waals surface area contributed by atoms with Crippen LogP contribution in [0.5, 0.6) is 0 Å². The molecule has 1 heterocycles. The number of morpholine rings is 1. The van der Waals surface area contributed by atoms with Gasteiger partial charge in [0.15, 0.2) is 0 Å². The van der Waals surface area contributed by atoms with Gasteiger partial charge in [-0.1, -0.05) is 30.3 Å². The number of carbonyl (C=O) groups excluding carboxylic acids is 1. The molecule has 9 heteroatoms. The summed E-state index contributed by atoms with van der Waals surface area (Å²) < 4.78 is 32.9. The number of anilines is 2. The highest BCUT2D eigenvalue weighted by Crippen LogP contribution is 2.31. The molecule has 3 rings (SSSR count).